The van der Waals surface area contributed by atoms with Gasteiger partial charge in [-0.2, -0.15) is 12.6 Å². The van der Waals surface area contributed by atoms with Crippen LogP contribution >= 0.6 is 48.6 Å². The molecule has 10 heteroatoms. The van der Waals surface area contributed by atoms with E-state index < -0.39 is 28.9 Å². The van der Waals surface area contributed by atoms with Gasteiger partial charge in [0.05, 0.1) is 29.9 Å². The molecule has 2 aromatic carbocycles. The Morgan fingerprint density at radius 3 is 2.14 bits per heavy atom. The average Bonchev–Trinajstić information content (AvgIpc) is 2.90. The van der Waals surface area contributed by atoms with Crippen LogP contribution in [0.5, 0.6) is 0 Å². The first-order valence-corrected chi connectivity index (χ1v) is 10.0. The predicted molar refractivity (Wildman–Crippen MR) is 118 cm³/mol. The van der Waals surface area contributed by atoms with Crippen LogP contribution < -0.4 is 0 Å². The minimum Gasteiger partial charge on any atom is -0.303 e. The lowest BCUT2D eigenvalue weighted by Crippen LogP contribution is -2.65. The number of halogens is 2. The Balaban J connectivity index is 1.59. The number of carbonyl (C=O) groups excluding carboxylic acids is 3. The first-order valence-electron chi connectivity index (χ1n) is 8.43. The molecule has 2 aliphatic rings. The number of ketones is 1. The first kappa shape index (κ1) is 20.3. The molecule has 1 fully saturated rings. The molecule has 2 amide bonds. The molecule has 2 aromatic rings. The summed E-state index contributed by atoms with van der Waals surface area (Å²) < 4.78 is 0.161. The van der Waals surface area contributed by atoms with E-state index in [2.05, 4.69) is 30.4 Å². The highest BCUT2D eigenvalue weighted by atomic mass is 35.5. The van der Waals surface area contributed by atoms with Crippen LogP contribution in [0.25, 0.3) is 0 Å². The molecule has 1 saturated heterocycles. The van der Waals surface area contributed by atoms with Crippen LogP contribution in [0.4, 0.5) is 5.69 Å². The number of Topliss-reactive ketones (excluding diaryl/α,β-unsaturated/α-hetero) is 1. The second-order valence-corrected chi connectivity index (χ2v) is 8.77. The molecule has 4 rings (SSSR count). The Hall–Kier alpha value is -2.00. The predicted octanol–water partition coefficient (Wildman–Crippen LogP) is 3.72. The third kappa shape index (κ3) is 3.44. The van der Waals surface area contributed by atoms with Crippen molar-refractivity contribution in [2.75, 3.05) is 13.1 Å². The normalized spacial score (nSPS) is 22.1. The van der Waals surface area contributed by atoms with Crippen LogP contribution in [-0.4, -0.2) is 50.5 Å². The number of amides is 2. The summed E-state index contributed by atoms with van der Waals surface area (Å²) in [4.78, 5) is 43.4. The topological polar surface area (TPSA) is 70.1 Å². The molecule has 0 radical (unpaired) electrons. The molecule has 2 heterocycles. The number of thiol groups is 2. The van der Waals surface area contributed by atoms with Gasteiger partial charge < -0.3 is 4.31 Å². The average molecular weight is 466 g/mol. The van der Waals surface area contributed by atoms with Gasteiger partial charge in [-0.15, -0.1) is 0 Å². The van der Waals surface area contributed by atoms with E-state index in [-0.39, 0.29) is 23.5 Å². The Labute approximate surface area is 187 Å². The molecule has 29 heavy (non-hydrogen) atoms. The van der Waals surface area contributed by atoms with Crippen LogP contribution in [0.15, 0.2) is 47.5 Å². The molecule has 0 spiro atoms. The van der Waals surface area contributed by atoms with E-state index in [0.29, 0.717) is 15.7 Å². The van der Waals surface area contributed by atoms with Crippen molar-refractivity contribution in [1.82, 2.24) is 9.21 Å². The lowest BCUT2D eigenvalue weighted by molar-refractivity contribution is -0.121. The van der Waals surface area contributed by atoms with Crippen molar-refractivity contribution < 1.29 is 14.4 Å². The molecule has 0 bridgehead atoms. The van der Waals surface area contributed by atoms with Gasteiger partial charge in [0.1, 0.15) is 10.6 Å². The van der Waals surface area contributed by atoms with Gasteiger partial charge in [-0.05, 0) is 30.3 Å². The third-order valence-corrected chi connectivity index (χ3v) is 6.07. The van der Waals surface area contributed by atoms with Gasteiger partial charge in [0, 0.05) is 10.0 Å². The molecule has 6 nitrogen and oxygen atoms in total. The molecule has 0 N–H and O–H groups in total. The van der Waals surface area contributed by atoms with Crippen LogP contribution in [0.2, 0.25) is 10.0 Å². The van der Waals surface area contributed by atoms with Crippen molar-refractivity contribution in [3.8, 4) is 0 Å². The molecule has 0 aliphatic carbocycles. The largest absolute Gasteiger partial charge is 0.303 e. The Morgan fingerprint density at radius 2 is 1.62 bits per heavy atom. The zero-order valence-electron chi connectivity index (χ0n) is 14.7. The van der Waals surface area contributed by atoms with E-state index >= 15 is 0 Å². The number of imide groups is 1. The summed E-state index contributed by atoms with van der Waals surface area (Å²) in [6.45, 7) is -0.249. The fourth-order valence-corrected chi connectivity index (χ4v) is 4.75. The minimum absolute atomic E-state index is 0.161. The number of amidine groups is 1. The van der Waals surface area contributed by atoms with Crippen molar-refractivity contribution >= 4 is 77.8 Å². The first-order chi connectivity index (χ1) is 13.7. The van der Waals surface area contributed by atoms with Gasteiger partial charge in [-0.3, -0.25) is 19.3 Å². The van der Waals surface area contributed by atoms with Crippen molar-refractivity contribution in [1.29, 1.82) is 0 Å². The van der Waals surface area contributed by atoms with E-state index in [4.69, 9.17) is 23.2 Å². The maximum atomic E-state index is 13.0. The number of aliphatic imine (C=N–C) groups is 1. The molecular weight excluding hydrogens is 453 g/mol. The summed E-state index contributed by atoms with van der Waals surface area (Å²) in [5.74, 6) is -1.17. The van der Waals surface area contributed by atoms with Crippen molar-refractivity contribution in [3.05, 3.63) is 63.6 Å². The number of fused-ring (bicyclic) bond motifs is 1. The van der Waals surface area contributed by atoms with Crippen molar-refractivity contribution in [2.45, 2.75) is 4.75 Å². The van der Waals surface area contributed by atoms with Crippen LogP contribution in [-0.2, 0) is 4.79 Å². The van der Waals surface area contributed by atoms with Gasteiger partial charge in [0.2, 0.25) is 0 Å². The van der Waals surface area contributed by atoms with Gasteiger partial charge in [-0.1, -0.05) is 48.1 Å². The van der Waals surface area contributed by atoms with Crippen LogP contribution in [0.1, 0.15) is 20.7 Å². The van der Waals surface area contributed by atoms with Crippen molar-refractivity contribution in [3.63, 3.8) is 0 Å². The zero-order chi connectivity index (χ0) is 20.9. The summed E-state index contributed by atoms with van der Waals surface area (Å²) in [5.41, 5.74) is 0.999. The second-order valence-electron chi connectivity index (χ2n) is 6.65. The second kappa shape index (κ2) is 7.36. The zero-order valence-corrected chi connectivity index (χ0v) is 18.0. The SMILES string of the molecule is O=C1c2ccccc2C(=O)N1CC(=O)C1(S)CN(S)C1=Nc1cc(Cl)cc(Cl)c1. The van der Waals surface area contributed by atoms with Gasteiger partial charge in [0.25, 0.3) is 11.8 Å². The molecule has 2 aliphatic heterocycles. The maximum absolute atomic E-state index is 13.0. The minimum atomic E-state index is -1.30. The van der Waals surface area contributed by atoms with Gasteiger partial charge >= 0.3 is 0 Å². The monoisotopic (exact) mass is 465 g/mol. The standard InChI is InChI=1S/C19H13Cl2N3O3S2/c20-10-5-11(21)7-12(6-10)22-18-19(28,9-24(18)29)15(25)8-23-16(26)13-3-1-2-4-14(13)17(23)27/h1-7,28-29H,8-9H2. The van der Waals surface area contributed by atoms with Crippen LogP contribution in [0.3, 0.4) is 0 Å². The summed E-state index contributed by atoms with van der Waals surface area (Å²) >= 11 is 20.8. The number of rotatable bonds is 4. The Kier molecular flexibility index (Phi) is 5.14. The van der Waals surface area contributed by atoms with Gasteiger partial charge in [-0.25, -0.2) is 4.99 Å². The molecule has 1 atom stereocenters. The highest BCUT2D eigenvalue weighted by Crippen LogP contribution is 2.37. The number of hydrogen-bond donors (Lipinski definition) is 2. The fourth-order valence-electron chi connectivity index (χ4n) is 3.23. The summed E-state index contributed by atoms with van der Waals surface area (Å²) in [6, 6.07) is 11.2. The van der Waals surface area contributed by atoms with E-state index in [0.717, 1.165) is 4.90 Å². The summed E-state index contributed by atoms with van der Waals surface area (Å²) in [5, 5.41) is 0.785. The number of carbonyl (C=O) groups is 3. The van der Waals surface area contributed by atoms with E-state index in [9.17, 15) is 14.4 Å². The van der Waals surface area contributed by atoms with Crippen molar-refractivity contribution in [2.24, 2.45) is 4.99 Å². The lowest BCUT2D eigenvalue weighted by Gasteiger charge is -2.45. The number of hydrogen-bond acceptors (Lipinski definition) is 6. The number of nitrogens with zero attached hydrogens (tertiary/aromatic N) is 3. The molecular formula is C19H13Cl2N3O3S2. The van der Waals surface area contributed by atoms with E-state index in [1.807, 2.05) is 0 Å². The quantitative estimate of drug-likeness (QED) is 0.533. The summed E-state index contributed by atoms with van der Waals surface area (Å²) in [6.07, 6.45) is 0. The number of benzene rings is 2. The Bertz CT molecular complexity index is 1050. The molecule has 1 unspecified atom stereocenters. The fraction of sp³-hybridized carbons (Fsp3) is 0.158. The van der Waals surface area contributed by atoms with E-state index in [1.165, 1.54) is 4.31 Å². The lowest BCUT2D eigenvalue weighted by atomic mass is 9.93. The third-order valence-electron chi connectivity index (χ3n) is 4.72. The highest BCUT2D eigenvalue weighted by Gasteiger charge is 2.53. The molecule has 0 aromatic heterocycles. The smallest absolute Gasteiger partial charge is 0.261 e. The molecule has 0 saturated carbocycles. The summed E-state index contributed by atoms with van der Waals surface area (Å²) in [7, 11) is 0. The van der Waals surface area contributed by atoms with Gasteiger partial charge in [0.15, 0.2) is 5.78 Å². The van der Waals surface area contributed by atoms with Crippen LogP contribution in [0, 0.1) is 0 Å². The highest BCUT2D eigenvalue weighted by molar-refractivity contribution is 7.85. The molecule has 148 valence electrons. The Morgan fingerprint density at radius 1 is 1.07 bits per heavy atom. The van der Waals surface area contributed by atoms with E-state index in [1.54, 1.807) is 42.5 Å². The maximum Gasteiger partial charge on any atom is 0.261 e.